The van der Waals surface area contributed by atoms with Crippen LogP contribution in [-0.4, -0.2) is 47.2 Å². The monoisotopic (exact) mass is 531 g/mol. The summed E-state index contributed by atoms with van der Waals surface area (Å²) in [6, 6.07) is 17.0. The number of nitrogens with one attached hydrogen (secondary N) is 1. The van der Waals surface area contributed by atoms with Gasteiger partial charge in [-0.2, -0.15) is 0 Å². The number of hydrogen-bond acceptors (Lipinski definition) is 8. The van der Waals surface area contributed by atoms with Crippen molar-refractivity contribution in [2.45, 2.75) is 25.7 Å². The third-order valence-corrected chi connectivity index (χ3v) is 6.13. The molecule has 4 rings (SSSR count). The number of hydrogen-bond donors (Lipinski definition) is 1. The molecule has 0 fully saturated rings. The van der Waals surface area contributed by atoms with E-state index in [2.05, 4.69) is 5.32 Å². The molecule has 39 heavy (non-hydrogen) atoms. The molecule has 200 valence electrons. The van der Waals surface area contributed by atoms with Crippen LogP contribution in [0, 0.1) is 10.1 Å². The summed E-state index contributed by atoms with van der Waals surface area (Å²) in [7, 11) is 1.56. The number of methoxy groups -OCH3 is 1. The molecule has 0 aromatic heterocycles. The van der Waals surface area contributed by atoms with Crippen molar-refractivity contribution in [3.8, 4) is 11.5 Å². The predicted molar refractivity (Wildman–Crippen MR) is 140 cm³/mol. The van der Waals surface area contributed by atoms with E-state index in [0.29, 0.717) is 42.0 Å². The van der Waals surface area contributed by atoms with Crippen molar-refractivity contribution in [3.63, 3.8) is 0 Å². The molecule has 11 heteroatoms. The maximum absolute atomic E-state index is 12.6. The van der Waals surface area contributed by atoms with Gasteiger partial charge in [0.1, 0.15) is 17.1 Å². The first-order chi connectivity index (χ1) is 18.8. The summed E-state index contributed by atoms with van der Waals surface area (Å²) in [6.07, 6.45) is 1.55. The number of nitrogens with zero attached hydrogens (tertiary/aromatic N) is 2. The number of rotatable bonds is 11. The van der Waals surface area contributed by atoms with Crippen LogP contribution in [-0.2, 0) is 4.79 Å². The standard InChI is InChI=1S/C28H25N3O8/c1-38-20-15-11-19(12-16-20)29-26(33)18-9-13-21(14-10-18)39-24(32)8-3-2-4-17-30-27(34)22-6-5-7-23(31(36)37)25(22)28(30)35/h5-7,9-16H,2-4,8,17H2,1H3,(H,29,33). The van der Waals surface area contributed by atoms with Crippen LogP contribution in [0.2, 0.25) is 0 Å². The van der Waals surface area contributed by atoms with Crippen molar-refractivity contribution in [2.24, 2.45) is 0 Å². The van der Waals surface area contributed by atoms with Gasteiger partial charge in [-0.1, -0.05) is 12.5 Å². The summed E-state index contributed by atoms with van der Waals surface area (Å²) in [5.41, 5.74) is 0.467. The molecule has 1 aliphatic rings. The summed E-state index contributed by atoms with van der Waals surface area (Å²) in [5.74, 6) is -1.03. The van der Waals surface area contributed by atoms with Gasteiger partial charge in [0.25, 0.3) is 23.4 Å². The molecule has 11 nitrogen and oxygen atoms in total. The maximum Gasteiger partial charge on any atom is 0.311 e. The van der Waals surface area contributed by atoms with Crippen LogP contribution in [0.5, 0.6) is 11.5 Å². The van der Waals surface area contributed by atoms with Crippen molar-refractivity contribution in [1.82, 2.24) is 4.90 Å². The summed E-state index contributed by atoms with van der Waals surface area (Å²) >= 11 is 0. The second-order valence-corrected chi connectivity index (χ2v) is 8.71. The van der Waals surface area contributed by atoms with Gasteiger partial charge < -0.3 is 14.8 Å². The van der Waals surface area contributed by atoms with E-state index in [-0.39, 0.29) is 35.7 Å². The van der Waals surface area contributed by atoms with Crippen LogP contribution >= 0.6 is 0 Å². The number of amides is 3. The molecule has 1 heterocycles. The topological polar surface area (TPSA) is 145 Å². The van der Waals surface area contributed by atoms with Gasteiger partial charge in [0.05, 0.1) is 17.6 Å². The molecule has 0 unspecified atom stereocenters. The molecular formula is C28H25N3O8. The Morgan fingerprint density at radius 1 is 0.897 bits per heavy atom. The molecule has 0 bridgehead atoms. The van der Waals surface area contributed by atoms with E-state index < -0.39 is 22.7 Å². The fraction of sp³-hybridized carbons (Fsp3) is 0.214. The summed E-state index contributed by atoms with van der Waals surface area (Å²) in [4.78, 5) is 61.3. The molecule has 0 atom stereocenters. The Morgan fingerprint density at radius 2 is 1.59 bits per heavy atom. The highest BCUT2D eigenvalue weighted by molar-refractivity contribution is 6.23. The quantitative estimate of drug-likeness (QED) is 0.0942. The number of nitro benzene ring substituents is 1. The number of nitro groups is 1. The summed E-state index contributed by atoms with van der Waals surface area (Å²) in [5, 5.41) is 14.0. The second-order valence-electron chi connectivity index (χ2n) is 8.71. The number of esters is 1. The van der Waals surface area contributed by atoms with Crippen molar-refractivity contribution in [1.29, 1.82) is 0 Å². The molecule has 3 aromatic carbocycles. The first-order valence-electron chi connectivity index (χ1n) is 12.2. The predicted octanol–water partition coefficient (Wildman–Crippen LogP) is 4.62. The van der Waals surface area contributed by atoms with Crippen molar-refractivity contribution >= 4 is 35.1 Å². The Bertz CT molecular complexity index is 1420. The fourth-order valence-corrected chi connectivity index (χ4v) is 4.12. The molecule has 1 N–H and O–H groups in total. The van der Waals surface area contributed by atoms with Crippen LogP contribution in [0.4, 0.5) is 11.4 Å². The zero-order valence-corrected chi connectivity index (χ0v) is 21.0. The Hall–Kier alpha value is -5.06. The lowest BCUT2D eigenvalue weighted by molar-refractivity contribution is -0.385. The molecule has 0 aliphatic carbocycles. The number of unbranched alkanes of at least 4 members (excludes halogenated alkanes) is 2. The first-order valence-corrected chi connectivity index (χ1v) is 12.2. The van der Waals surface area contributed by atoms with E-state index in [9.17, 15) is 29.3 Å². The number of ether oxygens (including phenoxy) is 2. The largest absolute Gasteiger partial charge is 0.497 e. The number of benzene rings is 3. The van der Waals surface area contributed by atoms with Crippen LogP contribution in [0.1, 0.15) is 56.8 Å². The molecule has 0 saturated carbocycles. The Balaban J connectivity index is 1.19. The smallest absolute Gasteiger partial charge is 0.311 e. The Morgan fingerprint density at radius 3 is 2.26 bits per heavy atom. The summed E-state index contributed by atoms with van der Waals surface area (Å²) < 4.78 is 10.4. The number of fused-ring (bicyclic) bond motifs is 1. The van der Waals surface area contributed by atoms with Gasteiger partial charge in [-0.3, -0.25) is 34.2 Å². The van der Waals surface area contributed by atoms with Gasteiger partial charge in [-0.15, -0.1) is 0 Å². The second kappa shape index (κ2) is 12.0. The van der Waals surface area contributed by atoms with E-state index in [1.54, 1.807) is 43.5 Å². The van der Waals surface area contributed by atoms with Gasteiger partial charge in [-0.05, 0) is 67.4 Å². The van der Waals surface area contributed by atoms with E-state index in [1.807, 2.05) is 0 Å². The average molecular weight is 532 g/mol. The molecule has 1 aliphatic heterocycles. The van der Waals surface area contributed by atoms with E-state index in [0.717, 1.165) is 4.90 Å². The van der Waals surface area contributed by atoms with Gasteiger partial charge in [-0.25, -0.2) is 0 Å². The lowest BCUT2D eigenvalue weighted by Gasteiger charge is -2.13. The van der Waals surface area contributed by atoms with E-state index >= 15 is 0 Å². The molecule has 0 spiro atoms. The number of imide groups is 1. The zero-order valence-electron chi connectivity index (χ0n) is 21.0. The third-order valence-electron chi connectivity index (χ3n) is 6.13. The van der Waals surface area contributed by atoms with Crippen LogP contribution < -0.4 is 14.8 Å². The molecule has 0 radical (unpaired) electrons. The molecule has 3 aromatic rings. The van der Waals surface area contributed by atoms with E-state index in [1.165, 1.54) is 30.3 Å². The van der Waals surface area contributed by atoms with Crippen molar-refractivity contribution < 1.29 is 33.6 Å². The lowest BCUT2D eigenvalue weighted by Crippen LogP contribution is -2.30. The van der Waals surface area contributed by atoms with Gasteiger partial charge in [0.2, 0.25) is 0 Å². The Kier molecular flexibility index (Phi) is 8.30. The zero-order chi connectivity index (χ0) is 27.9. The minimum absolute atomic E-state index is 0.0296. The Labute approximate surface area is 223 Å². The van der Waals surface area contributed by atoms with E-state index in [4.69, 9.17) is 9.47 Å². The highest BCUT2D eigenvalue weighted by Gasteiger charge is 2.40. The average Bonchev–Trinajstić information content (AvgIpc) is 3.18. The number of carbonyl (C=O) groups is 4. The van der Waals surface area contributed by atoms with Gasteiger partial charge >= 0.3 is 5.97 Å². The first kappa shape index (κ1) is 27.0. The SMILES string of the molecule is COc1ccc(NC(=O)c2ccc(OC(=O)CCCCCN3C(=O)c4cccc([N+](=O)[O-])c4C3=O)cc2)cc1. The summed E-state index contributed by atoms with van der Waals surface area (Å²) in [6.45, 7) is 0.0958. The molecule has 3 amide bonds. The molecule has 0 saturated heterocycles. The van der Waals surface area contributed by atoms with Crippen molar-refractivity contribution in [3.05, 3.63) is 93.5 Å². The van der Waals surface area contributed by atoms with Crippen LogP contribution in [0.15, 0.2) is 66.7 Å². The van der Waals surface area contributed by atoms with Gasteiger partial charge in [0.15, 0.2) is 0 Å². The highest BCUT2D eigenvalue weighted by atomic mass is 16.6. The minimum Gasteiger partial charge on any atom is -0.497 e. The van der Waals surface area contributed by atoms with Gasteiger partial charge in [0, 0.05) is 30.3 Å². The highest BCUT2D eigenvalue weighted by Crippen LogP contribution is 2.31. The number of anilines is 1. The maximum atomic E-state index is 12.6. The van der Waals surface area contributed by atoms with Crippen molar-refractivity contribution in [2.75, 3.05) is 19.0 Å². The third kappa shape index (κ3) is 6.27. The lowest BCUT2D eigenvalue weighted by atomic mass is 10.1. The fourth-order valence-electron chi connectivity index (χ4n) is 4.12. The normalized spacial score (nSPS) is 12.2. The minimum atomic E-state index is -0.678. The van der Waals surface area contributed by atoms with Crippen LogP contribution in [0.3, 0.4) is 0 Å². The van der Waals surface area contributed by atoms with Crippen LogP contribution in [0.25, 0.3) is 0 Å². The molecular weight excluding hydrogens is 506 g/mol. The number of carbonyl (C=O) groups excluding carboxylic acids is 4.